The summed E-state index contributed by atoms with van der Waals surface area (Å²) in [6, 6.07) is 0. The van der Waals surface area contributed by atoms with E-state index < -0.39 is 0 Å². The lowest BCUT2D eigenvalue weighted by atomic mass is 9.99. The van der Waals surface area contributed by atoms with Gasteiger partial charge in [0, 0.05) is 11.8 Å². The molecule has 1 N–H and O–H groups in total. The first-order valence-electron chi connectivity index (χ1n) is 9.87. The van der Waals surface area contributed by atoms with E-state index in [1.54, 1.807) is 0 Å². The molecule has 0 aromatic carbocycles. The third kappa shape index (κ3) is 12.3. The van der Waals surface area contributed by atoms with E-state index in [0.717, 1.165) is 25.7 Å². The topological polar surface area (TPSA) is 46.2 Å². The number of nitrogens with one attached hydrogen (secondary N) is 1. The van der Waals surface area contributed by atoms with Crippen molar-refractivity contribution in [3.63, 3.8) is 0 Å². The van der Waals surface area contributed by atoms with Gasteiger partial charge in [0.2, 0.25) is 11.8 Å². The van der Waals surface area contributed by atoms with Crippen molar-refractivity contribution in [1.29, 1.82) is 0 Å². The van der Waals surface area contributed by atoms with Crippen molar-refractivity contribution in [2.75, 3.05) is 0 Å². The van der Waals surface area contributed by atoms with E-state index in [2.05, 4.69) is 19.2 Å². The summed E-state index contributed by atoms with van der Waals surface area (Å²) in [5, 5.41) is 2.61. The van der Waals surface area contributed by atoms with Crippen LogP contribution in [0.2, 0.25) is 0 Å². The van der Waals surface area contributed by atoms with E-state index in [1.165, 1.54) is 51.4 Å². The molecule has 2 unspecified atom stereocenters. The Morgan fingerprint density at radius 3 is 1.35 bits per heavy atom. The third-order valence-electron chi connectivity index (χ3n) is 4.62. The minimum absolute atomic E-state index is 0.0580. The van der Waals surface area contributed by atoms with E-state index in [1.807, 2.05) is 13.8 Å². The summed E-state index contributed by atoms with van der Waals surface area (Å²) >= 11 is 0. The van der Waals surface area contributed by atoms with Crippen LogP contribution >= 0.6 is 0 Å². The molecule has 2 atom stereocenters. The average Bonchev–Trinajstić information content (AvgIpc) is 2.53. The van der Waals surface area contributed by atoms with Gasteiger partial charge < -0.3 is 0 Å². The maximum absolute atomic E-state index is 12.1. The molecule has 0 spiro atoms. The lowest BCUT2D eigenvalue weighted by molar-refractivity contribution is -0.134. The lowest BCUT2D eigenvalue weighted by Gasteiger charge is -2.14. The van der Waals surface area contributed by atoms with Crippen LogP contribution in [0.25, 0.3) is 0 Å². The van der Waals surface area contributed by atoms with Crippen LogP contribution in [-0.2, 0) is 9.59 Å². The zero-order valence-electron chi connectivity index (χ0n) is 16.0. The normalized spacial score (nSPS) is 13.6. The predicted molar refractivity (Wildman–Crippen MR) is 98.2 cm³/mol. The fourth-order valence-electron chi connectivity index (χ4n) is 2.74. The Morgan fingerprint density at radius 2 is 1.00 bits per heavy atom. The molecule has 3 heteroatoms. The van der Waals surface area contributed by atoms with Gasteiger partial charge in [-0.25, -0.2) is 0 Å². The number of rotatable bonds is 14. The van der Waals surface area contributed by atoms with Crippen LogP contribution in [-0.4, -0.2) is 11.8 Å². The number of hydrogen-bond acceptors (Lipinski definition) is 2. The summed E-state index contributed by atoms with van der Waals surface area (Å²) < 4.78 is 0. The molecule has 136 valence electrons. The monoisotopic (exact) mass is 325 g/mol. The number of unbranched alkanes of at least 4 members (excludes halogenated alkanes) is 8. The largest absolute Gasteiger partial charge is 0.296 e. The van der Waals surface area contributed by atoms with Crippen molar-refractivity contribution < 1.29 is 9.59 Å². The summed E-state index contributed by atoms with van der Waals surface area (Å²) in [5.41, 5.74) is 0. The van der Waals surface area contributed by atoms with Crippen LogP contribution < -0.4 is 5.32 Å². The highest BCUT2D eigenvalue weighted by atomic mass is 16.2. The first-order valence-corrected chi connectivity index (χ1v) is 9.87. The standard InChI is InChI=1S/C20H39NO2/c1-5-7-9-11-13-15-17(3)19(22)21-20(23)18(4)16-14-12-10-8-6-2/h17-18H,5-16H2,1-4H3,(H,21,22,23). The van der Waals surface area contributed by atoms with Crippen LogP contribution in [0, 0.1) is 11.8 Å². The molecule has 0 bridgehead atoms. The van der Waals surface area contributed by atoms with Gasteiger partial charge in [0.25, 0.3) is 0 Å². The van der Waals surface area contributed by atoms with E-state index in [4.69, 9.17) is 0 Å². The van der Waals surface area contributed by atoms with Crippen molar-refractivity contribution in [2.24, 2.45) is 11.8 Å². The smallest absolute Gasteiger partial charge is 0.229 e. The van der Waals surface area contributed by atoms with Crippen LogP contribution in [0.1, 0.15) is 105 Å². The number of hydrogen-bond donors (Lipinski definition) is 1. The molecule has 0 saturated heterocycles. The van der Waals surface area contributed by atoms with Gasteiger partial charge in [-0.3, -0.25) is 14.9 Å². The molecule has 0 aliphatic heterocycles. The van der Waals surface area contributed by atoms with Gasteiger partial charge in [-0.1, -0.05) is 91.9 Å². The Balaban J connectivity index is 3.82. The third-order valence-corrected chi connectivity index (χ3v) is 4.62. The molecule has 0 aliphatic carbocycles. The van der Waals surface area contributed by atoms with Gasteiger partial charge >= 0.3 is 0 Å². The lowest BCUT2D eigenvalue weighted by Crippen LogP contribution is -2.38. The predicted octanol–water partition coefficient (Wildman–Crippen LogP) is 5.62. The van der Waals surface area contributed by atoms with Crippen LogP contribution in [0.3, 0.4) is 0 Å². The molecule has 3 nitrogen and oxygen atoms in total. The minimum Gasteiger partial charge on any atom is -0.296 e. The summed E-state index contributed by atoms with van der Waals surface area (Å²) in [5.74, 6) is -0.304. The van der Waals surface area contributed by atoms with E-state index in [-0.39, 0.29) is 23.7 Å². The second-order valence-electron chi connectivity index (χ2n) is 7.06. The summed E-state index contributed by atoms with van der Waals surface area (Å²) in [7, 11) is 0. The molecule has 0 saturated carbocycles. The maximum atomic E-state index is 12.1. The van der Waals surface area contributed by atoms with Crippen LogP contribution in [0.15, 0.2) is 0 Å². The van der Waals surface area contributed by atoms with Gasteiger partial charge in [-0.05, 0) is 12.8 Å². The van der Waals surface area contributed by atoms with Gasteiger partial charge in [0.15, 0.2) is 0 Å². The molecule has 0 radical (unpaired) electrons. The van der Waals surface area contributed by atoms with Gasteiger partial charge in [0.05, 0.1) is 0 Å². The van der Waals surface area contributed by atoms with Crippen molar-refractivity contribution in [3.05, 3.63) is 0 Å². The fraction of sp³-hybridized carbons (Fsp3) is 0.900. The zero-order valence-corrected chi connectivity index (χ0v) is 16.0. The number of imide groups is 1. The Labute approximate surface area is 144 Å². The second kappa shape index (κ2) is 14.7. The Bertz CT molecular complexity index is 285. The molecule has 23 heavy (non-hydrogen) atoms. The molecule has 0 heterocycles. The Morgan fingerprint density at radius 1 is 0.652 bits per heavy atom. The number of amides is 2. The highest BCUT2D eigenvalue weighted by Crippen LogP contribution is 2.14. The molecule has 0 fully saturated rings. The van der Waals surface area contributed by atoms with Crippen molar-refractivity contribution in [3.8, 4) is 0 Å². The fourth-order valence-corrected chi connectivity index (χ4v) is 2.74. The van der Waals surface area contributed by atoms with Gasteiger partial charge in [0.1, 0.15) is 0 Å². The second-order valence-corrected chi connectivity index (χ2v) is 7.06. The molecule has 0 aromatic heterocycles. The molecule has 2 amide bonds. The van der Waals surface area contributed by atoms with Crippen LogP contribution in [0.5, 0.6) is 0 Å². The average molecular weight is 326 g/mol. The zero-order chi connectivity index (χ0) is 17.5. The molecular weight excluding hydrogens is 286 g/mol. The van der Waals surface area contributed by atoms with E-state index in [9.17, 15) is 9.59 Å². The van der Waals surface area contributed by atoms with Gasteiger partial charge in [-0.15, -0.1) is 0 Å². The quantitative estimate of drug-likeness (QED) is 0.421. The minimum atomic E-state index is -0.0941. The summed E-state index contributed by atoms with van der Waals surface area (Å²) in [4.78, 5) is 24.1. The SMILES string of the molecule is CCCCCCCC(C)C(=O)NC(=O)C(C)CCCCCCC. The maximum Gasteiger partial charge on any atom is 0.229 e. The summed E-state index contributed by atoms with van der Waals surface area (Å²) in [6.07, 6.45) is 13.8. The summed E-state index contributed by atoms with van der Waals surface area (Å²) in [6.45, 7) is 8.26. The van der Waals surface area contributed by atoms with E-state index in [0.29, 0.717) is 0 Å². The Hall–Kier alpha value is -0.860. The van der Waals surface area contributed by atoms with E-state index >= 15 is 0 Å². The molecule has 0 aromatic rings. The molecule has 0 rings (SSSR count). The first-order chi connectivity index (χ1) is 11.0. The highest BCUT2D eigenvalue weighted by Gasteiger charge is 2.19. The van der Waals surface area contributed by atoms with Crippen molar-refractivity contribution in [2.45, 2.75) is 105 Å². The van der Waals surface area contributed by atoms with Crippen molar-refractivity contribution >= 4 is 11.8 Å². The van der Waals surface area contributed by atoms with Crippen LogP contribution in [0.4, 0.5) is 0 Å². The number of carbonyl (C=O) groups excluding carboxylic acids is 2. The highest BCUT2D eigenvalue weighted by molar-refractivity contribution is 5.96. The number of carbonyl (C=O) groups is 2. The van der Waals surface area contributed by atoms with Gasteiger partial charge in [-0.2, -0.15) is 0 Å². The van der Waals surface area contributed by atoms with Crippen molar-refractivity contribution in [1.82, 2.24) is 5.32 Å². The molecular formula is C20H39NO2. The first kappa shape index (κ1) is 22.1. The molecule has 0 aliphatic rings. The Kier molecular flexibility index (Phi) is 14.2.